The molecular formula is C13H22N2O2. The van der Waals surface area contributed by atoms with Crippen molar-refractivity contribution in [1.82, 2.24) is 10.2 Å². The first-order valence-electron chi connectivity index (χ1n) is 5.83. The standard InChI is InChI=1S/C13H22N2O2/c1-4-6-15(7-9-16-3)11-13-12(10-14-2)5-8-17-13/h4-5,8,14H,1,6-7,9-11H2,2-3H3. The van der Waals surface area contributed by atoms with E-state index in [4.69, 9.17) is 9.15 Å². The highest BCUT2D eigenvalue weighted by molar-refractivity contribution is 5.16. The molecule has 0 aliphatic rings. The highest BCUT2D eigenvalue weighted by Gasteiger charge is 2.10. The monoisotopic (exact) mass is 238 g/mol. The third-order valence-corrected chi connectivity index (χ3v) is 2.57. The molecule has 1 N–H and O–H groups in total. The van der Waals surface area contributed by atoms with Crippen LogP contribution in [0, 0.1) is 0 Å². The van der Waals surface area contributed by atoms with Crippen molar-refractivity contribution in [2.45, 2.75) is 13.1 Å². The van der Waals surface area contributed by atoms with E-state index in [1.807, 2.05) is 19.2 Å². The Morgan fingerprint density at radius 2 is 2.41 bits per heavy atom. The number of hydrogen-bond donors (Lipinski definition) is 1. The van der Waals surface area contributed by atoms with Crippen molar-refractivity contribution in [3.63, 3.8) is 0 Å². The maximum atomic E-state index is 5.52. The lowest BCUT2D eigenvalue weighted by Crippen LogP contribution is -2.27. The Morgan fingerprint density at radius 3 is 3.06 bits per heavy atom. The van der Waals surface area contributed by atoms with Crippen LogP contribution < -0.4 is 5.32 Å². The molecule has 0 aliphatic carbocycles. The van der Waals surface area contributed by atoms with Gasteiger partial charge in [0.1, 0.15) is 5.76 Å². The molecule has 1 aromatic rings. The summed E-state index contributed by atoms with van der Waals surface area (Å²) in [5.74, 6) is 1.01. The first-order valence-corrected chi connectivity index (χ1v) is 5.83. The largest absolute Gasteiger partial charge is 0.468 e. The van der Waals surface area contributed by atoms with Crippen LogP contribution in [0.25, 0.3) is 0 Å². The zero-order chi connectivity index (χ0) is 12.5. The van der Waals surface area contributed by atoms with Gasteiger partial charge in [-0.2, -0.15) is 0 Å². The third-order valence-electron chi connectivity index (χ3n) is 2.57. The summed E-state index contributed by atoms with van der Waals surface area (Å²) >= 11 is 0. The molecule has 1 heterocycles. The van der Waals surface area contributed by atoms with Crippen LogP contribution in [0.15, 0.2) is 29.4 Å². The molecule has 0 saturated heterocycles. The minimum atomic E-state index is 0.718. The first kappa shape index (κ1) is 14.0. The quantitative estimate of drug-likeness (QED) is 0.664. The number of methoxy groups -OCH3 is 1. The van der Waals surface area contributed by atoms with Gasteiger partial charge < -0.3 is 14.5 Å². The summed E-state index contributed by atoms with van der Waals surface area (Å²) in [5.41, 5.74) is 1.21. The van der Waals surface area contributed by atoms with Crippen molar-refractivity contribution in [2.24, 2.45) is 0 Å². The molecule has 4 nitrogen and oxygen atoms in total. The van der Waals surface area contributed by atoms with E-state index in [2.05, 4.69) is 16.8 Å². The Labute approximate surface area is 103 Å². The second-order valence-electron chi connectivity index (χ2n) is 3.92. The predicted molar refractivity (Wildman–Crippen MR) is 68.8 cm³/mol. The molecule has 96 valence electrons. The summed E-state index contributed by atoms with van der Waals surface area (Å²) in [4.78, 5) is 2.24. The Balaban J connectivity index is 2.57. The maximum absolute atomic E-state index is 5.52. The summed E-state index contributed by atoms with van der Waals surface area (Å²) < 4.78 is 10.6. The van der Waals surface area contributed by atoms with Crippen molar-refractivity contribution < 1.29 is 9.15 Å². The Bertz CT molecular complexity index is 323. The molecule has 0 atom stereocenters. The fraction of sp³-hybridized carbons (Fsp3) is 0.538. The Morgan fingerprint density at radius 1 is 1.59 bits per heavy atom. The third kappa shape index (κ3) is 4.73. The van der Waals surface area contributed by atoms with Gasteiger partial charge in [-0.1, -0.05) is 6.08 Å². The summed E-state index contributed by atoms with van der Waals surface area (Å²) in [5, 5.41) is 3.14. The van der Waals surface area contributed by atoms with Crippen LogP contribution in [0.1, 0.15) is 11.3 Å². The van der Waals surface area contributed by atoms with E-state index in [1.165, 1.54) is 5.56 Å². The number of hydrogen-bond acceptors (Lipinski definition) is 4. The molecule has 0 saturated carbocycles. The lowest BCUT2D eigenvalue weighted by atomic mass is 10.2. The number of nitrogens with one attached hydrogen (secondary N) is 1. The zero-order valence-corrected chi connectivity index (χ0v) is 10.7. The molecule has 0 aliphatic heterocycles. The molecule has 1 rings (SSSR count). The van der Waals surface area contributed by atoms with Crippen LogP contribution in [0.4, 0.5) is 0 Å². The highest BCUT2D eigenvalue weighted by Crippen LogP contribution is 2.13. The first-order chi connectivity index (χ1) is 8.31. The van der Waals surface area contributed by atoms with Crippen LogP contribution in [-0.2, 0) is 17.8 Å². The molecule has 4 heteroatoms. The van der Waals surface area contributed by atoms with Gasteiger partial charge in [0.2, 0.25) is 0 Å². The van der Waals surface area contributed by atoms with Gasteiger partial charge in [-0.3, -0.25) is 4.90 Å². The molecule has 0 radical (unpaired) electrons. The number of ether oxygens (including phenoxy) is 1. The number of rotatable bonds is 9. The molecule has 0 aromatic carbocycles. The van der Waals surface area contributed by atoms with Crippen LogP contribution >= 0.6 is 0 Å². The fourth-order valence-electron chi connectivity index (χ4n) is 1.69. The van der Waals surface area contributed by atoms with E-state index in [0.29, 0.717) is 0 Å². The minimum absolute atomic E-state index is 0.718. The zero-order valence-electron chi connectivity index (χ0n) is 10.7. The second kappa shape index (κ2) is 8.06. The lowest BCUT2D eigenvalue weighted by molar-refractivity contribution is 0.146. The van der Waals surface area contributed by atoms with E-state index >= 15 is 0 Å². The predicted octanol–water partition coefficient (Wildman–Crippen LogP) is 1.63. The van der Waals surface area contributed by atoms with Gasteiger partial charge in [0.05, 0.1) is 19.4 Å². The van der Waals surface area contributed by atoms with E-state index in [1.54, 1.807) is 13.4 Å². The molecule has 17 heavy (non-hydrogen) atoms. The van der Waals surface area contributed by atoms with Crippen molar-refractivity contribution in [1.29, 1.82) is 0 Å². The smallest absolute Gasteiger partial charge is 0.122 e. The molecule has 0 bridgehead atoms. The van der Waals surface area contributed by atoms with Gasteiger partial charge in [0, 0.05) is 32.3 Å². The highest BCUT2D eigenvalue weighted by atomic mass is 16.5. The Hall–Kier alpha value is -1.10. The second-order valence-corrected chi connectivity index (χ2v) is 3.92. The average Bonchev–Trinajstić information content (AvgIpc) is 2.74. The van der Waals surface area contributed by atoms with E-state index in [0.717, 1.165) is 38.5 Å². The maximum Gasteiger partial charge on any atom is 0.122 e. The molecule has 1 aromatic heterocycles. The van der Waals surface area contributed by atoms with Crippen molar-refractivity contribution in [3.8, 4) is 0 Å². The molecule has 0 fully saturated rings. The summed E-state index contributed by atoms with van der Waals surface area (Å²) in [6, 6.07) is 2.01. The minimum Gasteiger partial charge on any atom is -0.468 e. The number of nitrogens with zero attached hydrogens (tertiary/aromatic N) is 1. The van der Waals surface area contributed by atoms with Crippen LogP contribution in [0.2, 0.25) is 0 Å². The molecule has 0 amide bonds. The van der Waals surface area contributed by atoms with Gasteiger partial charge in [0.25, 0.3) is 0 Å². The fourth-order valence-corrected chi connectivity index (χ4v) is 1.69. The SMILES string of the molecule is C=CCN(CCOC)Cc1occc1CNC. The van der Waals surface area contributed by atoms with Crippen LogP contribution in [0.3, 0.4) is 0 Å². The summed E-state index contributed by atoms with van der Waals surface area (Å²) in [6.07, 6.45) is 3.64. The van der Waals surface area contributed by atoms with Crippen LogP contribution in [0.5, 0.6) is 0 Å². The van der Waals surface area contributed by atoms with Gasteiger partial charge >= 0.3 is 0 Å². The van der Waals surface area contributed by atoms with Crippen molar-refractivity contribution in [3.05, 3.63) is 36.3 Å². The summed E-state index contributed by atoms with van der Waals surface area (Å²) in [7, 11) is 3.65. The lowest BCUT2D eigenvalue weighted by Gasteiger charge is -2.19. The normalized spacial score (nSPS) is 11.0. The average molecular weight is 238 g/mol. The van der Waals surface area contributed by atoms with E-state index in [9.17, 15) is 0 Å². The topological polar surface area (TPSA) is 37.6 Å². The van der Waals surface area contributed by atoms with E-state index < -0.39 is 0 Å². The van der Waals surface area contributed by atoms with Gasteiger partial charge in [-0.25, -0.2) is 0 Å². The molecular weight excluding hydrogens is 216 g/mol. The molecule has 0 unspecified atom stereocenters. The van der Waals surface area contributed by atoms with Gasteiger partial charge in [-0.15, -0.1) is 6.58 Å². The summed E-state index contributed by atoms with van der Waals surface area (Å²) in [6.45, 7) is 7.83. The van der Waals surface area contributed by atoms with Crippen molar-refractivity contribution in [2.75, 3.05) is 33.9 Å². The van der Waals surface area contributed by atoms with Gasteiger partial charge in [0.15, 0.2) is 0 Å². The van der Waals surface area contributed by atoms with E-state index in [-0.39, 0.29) is 0 Å². The Kier molecular flexibility index (Phi) is 6.62. The molecule has 0 spiro atoms. The van der Waals surface area contributed by atoms with Crippen molar-refractivity contribution >= 4 is 0 Å². The van der Waals surface area contributed by atoms with Crippen LogP contribution in [-0.4, -0.2) is 38.8 Å². The van der Waals surface area contributed by atoms with Gasteiger partial charge in [-0.05, 0) is 13.1 Å². The number of furan rings is 1.